The molecule has 0 aromatic carbocycles. The molecule has 0 fully saturated rings. The van der Waals surface area contributed by atoms with Gasteiger partial charge in [-0.05, 0) is 6.92 Å². The second kappa shape index (κ2) is 5.53. The van der Waals surface area contributed by atoms with Gasteiger partial charge < -0.3 is 10.1 Å². The van der Waals surface area contributed by atoms with Crippen LogP contribution in [0.25, 0.3) is 0 Å². The third-order valence-corrected chi connectivity index (χ3v) is 1.03. The highest BCUT2D eigenvalue weighted by Gasteiger charge is 2.04. The Labute approximate surface area is 66.7 Å². The zero-order valence-corrected chi connectivity index (χ0v) is 6.89. The molecule has 0 aromatic heterocycles. The lowest BCUT2D eigenvalue weighted by Gasteiger charge is -2.00. The van der Waals surface area contributed by atoms with Crippen LogP contribution >= 0.6 is 0 Å². The van der Waals surface area contributed by atoms with E-state index in [0.717, 1.165) is 0 Å². The Morgan fingerprint density at radius 2 is 2.36 bits per heavy atom. The van der Waals surface area contributed by atoms with Crippen molar-refractivity contribution in [3.05, 3.63) is 24.4 Å². The Kier molecular flexibility index (Phi) is 4.90. The summed E-state index contributed by atoms with van der Waals surface area (Å²) in [5.41, 5.74) is 0.439. The maximum atomic E-state index is 11.0. The van der Waals surface area contributed by atoms with E-state index in [-0.39, 0.29) is 5.97 Å². The molecule has 0 amide bonds. The predicted octanol–water partition coefficient (Wildman–Crippen LogP) is 0.839. The summed E-state index contributed by atoms with van der Waals surface area (Å²) in [6, 6.07) is 0. The van der Waals surface area contributed by atoms with E-state index in [1.54, 1.807) is 20.2 Å². The van der Waals surface area contributed by atoms with Gasteiger partial charge in [-0.1, -0.05) is 12.7 Å². The standard InChI is InChI=1S/C8H13NO2/c1-4-7(6-9-3)8(10)11-5-2/h4,6,9H,1,5H2,2-3H3/b7-6+. The number of ether oxygens (including phenoxy) is 1. The average molecular weight is 155 g/mol. The quantitative estimate of drug-likeness (QED) is 0.371. The van der Waals surface area contributed by atoms with Crippen molar-refractivity contribution in [3.8, 4) is 0 Å². The molecule has 0 saturated heterocycles. The molecule has 0 spiro atoms. The summed E-state index contributed by atoms with van der Waals surface area (Å²) < 4.78 is 4.73. The SMILES string of the molecule is C=C/C(=C\NC)C(=O)OCC. The summed E-state index contributed by atoms with van der Waals surface area (Å²) in [4.78, 5) is 11.0. The maximum absolute atomic E-state index is 11.0. The van der Waals surface area contributed by atoms with Gasteiger partial charge in [-0.15, -0.1) is 0 Å². The highest BCUT2D eigenvalue weighted by Crippen LogP contribution is 1.96. The Hall–Kier alpha value is -1.25. The highest BCUT2D eigenvalue weighted by molar-refractivity contribution is 5.91. The minimum absolute atomic E-state index is 0.350. The van der Waals surface area contributed by atoms with Gasteiger partial charge in [0.15, 0.2) is 0 Å². The van der Waals surface area contributed by atoms with E-state index in [1.807, 2.05) is 0 Å². The molecule has 0 radical (unpaired) electrons. The van der Waals surface area contributed by atoms with Crippen molar-refractivity contribution in [3.63, 3.8) is 0 Å². The van der Waals surface area contributed by atoms with Gasteiger partial charge in [-0.2, -0.15) is 0 Å². The highest BCUT2D eigenvalue weighted by atomic mass is 16.5. The van der Waals surface area contributed by atoms with E-state index in [0.29, 0.717) is 12.2 Å². The number of carbonyl (C=O) groups is 1. The van der Waals surface area contributed by atoms with Crippen molar-refractivity contribution in [1.82, 2.24) is 5.32 Å². The first-order chi connectivity index (χ1) is 5.26. The van der Waals surface area contributed by atoms with Crippen LogP contribution in [-0.2, 0) is 9.53 Å². The molecule has 62 valence electrons. The molecule has 0 heterocycles. The number of hydrogen-bond donors (Lipinski definition) is 1. The fraction of sp³-hybridized carbons (Fsp3) is 0.375. The normalized spacial score (nSPS) is 10.5. The number of esters is 1. The van der Waals surface area contributed by atoms with Gasteiger partial charge in [-0.25, -0.2) is 4.79 Å². The van der Waals surface area contributed by atoms with Crippen LogP contribution in [0.4, 0.5) is 0 Å². The van der Waals surface area contributed by atoms with Crippen molar-refractivity contribution in [2.45, 2.75) is 6.92 Å². The van der Waals surface area contributed by atoms with Crippen LogP contribution < -0.4 is 5.32 Å². The van der Waals surface area contributed by atoms with Crippen LogP contribution in [0.3, 0.4) is 0 Å². The molecule has 1 N–H and O–H groups in total. The summed E-state index contributed by atoms with van der Waals surface area (Å²) in [5.74, 6) is -0.350. The van der Waals surface area contributed by atoms with E-state index in [1.165, 1.54) is 6.08 Å². The fourth-order valence-corrected chi connectivity index (χ4v) is 0.571. The molecule has 0 rings (SSSR count). The summed E-state index contributed by atoms with van der Waals surface area (Å²) in [7, 11) is 1.71. The van der Waals surface area contributed by atoms with Crippen molar-refractivity contribution < 1.29 is 9.53 Å². The second-order valence-electron chi connectivity index (χ2n) is 1.81. The monoisotopic (exact) mass is 155 g/mol. The van der Waals surface area contributed by atoms with E-state index in [9.17, 15) is 4.79 Å². The number of rotatable bonds is 4. The molecule has 3 nitrogen and oxygen atoms in total. The fourth-order valence-electron chi connectivity index (χ4n) is 0.571. The first-order valence-electron chi connectivity index (χ1n) is 3.43. The van der Waals surface area contributed by atoms with Crippen molar-refractivity contribution in [2.75, 3.05) is 13.7 Å². The Bertz CT molecular complexity index is 173. The minimum atomic E-state index is -0.350. The Morgan fingerprint density at radius 3 is 2.73 bits per heavy atom. The zero-order valence-electron chi connectivity index (χ0n) is 6.89. The molecular weight excluding hydrogens is 142 g/mol. The van der Waals surface area contributed by atoms with Crippen molar-refractivity contribution >= 4 is 5.97 Å². The second-order valence-corrected chi connectivity index (χ2v) is 1.81. The molecule has 0 aromatic rings. The summed E-state index contributed by atoms with van der Waals surface area (Å²) in [6.07, 6.45) is 3.00. The summed E-state index contributed by atoms with van der Waals surface area (Å²) >= 11 is 0. The summed E-state index contributed by atoms with van der Waals surface area (Å²) in [5, 5.41) is 2.72. The van der Waals surface area contributed by atoms with Crippen LogP contribution in [0.15, 0.2) is 24.4 Å². The van der Waals surface area contributed by atoms with Crippen LogP contribution in [0.1, 0.15) is 6.92 Å². The maximum Gasteiger partial charge on any atom is 0.339 e. The first kappa shape index (κ1) is 9.75. The predicted molar refractivity (Wildman–Crippen MR) is 44.0 cm³/mol. The lowest BCUT2D eigenvalue weighted by Crippen LogP contribution is -2.08. The van der Waals surface area contributed by atoms with Crippen LogP contribution in [0.2, 0.25) is 0 Å². The van der Waals surface area contributed by atoms with Gasteiger partial charge in [-0.3, -0.25) is 0 Å². The molecule has 0 bridgehead atoms. The van der Waals surface area contributed by atoms with Gasteiger partial charge in [0.2, 0.25) is 0 Å². The van der Waals surface area contributed by atoms with Crippen LogP contribution in [0.5, 0.6) is 0 Å². The molecule has 3 heteroatoms. The van der Waals surface area contributed by atoms with E-state index in [2.05, 4.69) is 11.9 Å². The number of hydrogen-bond acceptors (Lipinski definition) is 3. The van der Waals surface area contributed by atoms with Crippen molar-refractivity contribution in [1.29, 1.82) is 0 Å². The smallest absolute Gasteiger partial charge is 0.339 e. The minimum Gasteiger partial charge on any atom is -0.462 e. The summed E-state index contributed by atoms with van der Waals surface area (Å²) in [6.45, 7) is 5.62. The molecular formula is C8H13NO2. The van der Waals surface area contributed by atoms with Gasteiger partial charge in [0.05, 0.1) is 12.2 Å². The lowest BCUT2D eigenvalue weighted by atomic mass is 10.3. The van der Waals surface area contributed by atoms with Gasteiger partial charge in [0.1, 0.15) is 0 Å². The van der Waals surface area contributed by atoms with Gasteiger partial charge in [0, 0.05) is 13.2 Å². The Morgan fingerprint density at radius 1 is 1.73 bits per heavy atom. The molecule has 0 aliphatic carbocycles. The third-order valence-electron chi connectivity index (χ3n) is 1.03. The van der Waals surface area contributed by atoms with E-state index in [4.69, 9.17) is 4.74 Å². The van der Waals surface area contributed by atoms with Gasteiger partial charge in [0.25, 0.3) is 0 Å². The molecule has 0 unspecified atom stereocenters. The van der Waals surface area contributed by atoms with Crippen molar-refractivity contribution in [2.24, 2.45) is 0 Å². The first-order valence-corrected chi connectivity index (χ1v) is 3.43. The Balaban J connectivity index is 4.14. The number of nitrogens with one attached hydrogen (secondary N) is 1. The van der Waals surface area contributed by atoms with Crippen LogP contribution in [0, 0.1) is 0 Å². The molecule has 11 heavy (non-hydrogen) atoms. The molecule has 0 aliphatic heterocycles. The number of carbonyl (C=O) groups excluding carboxylic acids is 1. The largest absolute Gasteiger partial charge is 0.462 e. The van der Waals surface area contributed by atoms with Crippen LogP contribution in [-0.4, -0.2) is 19.6 Å². The van der Waals surface area contributed by atoms with E-state index >= 15 is 0 Å². The molecule has 0 aliphatic rings. The molecule has 0 saturated carbocycles. The van der Waals surface area contributed by atoms with Gasteiger partial charge >= 0.3 is 5.97 Å². The zero-order chi connectivity index (χ0) is 8.69. The lowest BCUT2D eigenvalue weighted by molar-refractivity contribution is -0.138. The topological polar surface area (TPSA) is 38.3 Å². The average Bonchev–Trinajstić information content (AvgIpc) is 2.00. The van der Waals surface area contributed by atoms with E-state index < -0.39 is 0 Å². The third kappa shape index (κ3) is 3.45. The molecule has 0 atom stereocenters.